The van der Waals surface area contributed by atoms with E-state index in [0.29, 0.717) is 23.1 Å². The lowest BCUT2D eigenvalue weighted by molar-refractivity contribution is -0.113. The van der Waals surface area contributed by atoms with Crippen molar-refractivity contribution in [2.45, 2.75) is 30.0 Å². The first-order valence-electron chi connectivity index (χ1n) is 10.7. The molecular weight excluding hydrogens is 468 g/mol. The number of aromatic nitrogens is 2. The van der Waals surface area contributed by atoms with Crippen LogP contribution in [0.15, 0.2) is 32.9 Å². The van der Waals surface area contributed by atoms with Crippen molar-refractivity contribution in [3.8, 4) is 0 Å². The van der Waals surface area contributed by atoms with E-state index >= 15 is 0 Å². The van der Waals surface area contributed by atoms with E-state index in [1.54, 1.807) is 17.6 Å². The van der Waals surface area contributed by atoms with Crippen LogP contribution in [0, 0.1) is 0 Å². The summed E-state index contributed by atoms with van der Waals surface area (Å²) in [6.45, 7) is 11.0. The molecule has 1 fully saturated rings. The van der Waals surface area contributed by atoms with Gasteiger partial charge in [-0.05, 0) is 24.7 Å². The third-order valence-corrected chi connectivity index (χ3v) is 9.32. The minimum atomic E-state index is -3.63. The lowest BCUT2D eigenvalue weighted by atomic mass is 10.2. The molecule has 0 unspecified atom stereocenters. The van der Waals surface area contributed by atoms with E-state index in [2.05, 4.69) is 32.2 Å². The third kappa shape index (κ3) is 5.98. The van der Waals surface area contributed by atoms with Gasteiger partial charge in [-0.15, -0.1) is 10.2 Å². The Bertz CT molecular complexity index is 988. The average Bonchev–Trinajstić information content (AvgIpc) is 3.32. The summed E-state index contributed by atoms with van der Waals surface area (Å²) >= 11 is 2.68. The maximum atomic E-state index is 13.1. The van der Waals surface area contributed by atoms with E-state index in [0.717, 1.165) is 38.4 Å². The van der Waals surface area contributed by atoms with Gasteiger partial charge in [0.2, 0.25) is 15.9 Å². The molecule has 0 atom stereocenters. The van der Waals surface area contributed by atoms with Crippen molar-refractivity contribution < 1.29 is 13.2 Å². The van der Waals surface area contributed by atoms with Gasteiger partial charge in [-0.25, -0.2) is 8.42 Å². The Balaban J connectivity index is 1.86. The zero-order valence-corrected chi connectivity index (χ0v) is 21.1. The molecule has 0 spiro atoms. The lowest BCUT2D eigenvalue weighted by Crippen LogP contribution is -2.46. The Morgan fingerprint density at radius 2 is 1.91 bits per heavy atom. The number of carbonyl (C=O) groups excluding carboxylic acids is 1. The largest absolute Gasteiger partial charge is 0.367 e. The standard InChI is InChI=1S/C20H30N6O3S3/c1-4-24-9-11-25(12-10-24)18-8-7-16(32(28,29)26(5-2)6-3)13-17(18)22-19(27)14-30-20-23-21-15-31-20/h7-8,13,15H,4-6,9-12,14H2,1-3H3,(H,22,27). The molecule has 32 heavy (non-hydrogen) atoms. The molecule has 176 valence electrons. The van der Waals surface area contributed by atoms with Crippen LogP contribution in [-0.2, 0) is 14.8 Å². The second-order valence-electron chi connectivity index (χ2n) is 7.23. The van der Waals surface area contributed by atoms with Gasteiger partial charge in [0, 0.05) is 39.3 Å². The molecule has 12 heteroatoms. The molecule has 1 aliphatic heterocycles. The number of sulfonamides is 1. The number of benzene rings is 1. The van der Waals surface area contributed by atoms with Crippen LogP contribution in [0.3, 0.4) is 0 Å². The van der Waals surface area contributed by atoms with Gasteiger partial charge < -0.3 is 15.1 Å². The Kier molecular flexibility index (Phi) is 8.88. The molecule has 0 aliphatic carbocycles. The number of thioether (sulfide) groups is 1. The van der Waals surface area contributed by atoms with Gasteiger partial charge in [-0.3, -0.25) is 4.79 Å². The first-order chi connectivity index (χ1) is 15.4. The highest BCUT2D eigenvalue weighted by atomic mass is 32.2. The van der Waals surface area contributed by atoms with Crippen molar-refractivity contribution in [2.75, 3.05) is 61.8 Å². The lowest BCUT2D eigenvalue weighted by Gasteiger charge is -2.36. The summed E-state index contributed by atoms with van der Waals surface area (Å²) in [6, 6.07) is 5.04. The second-order valence-corrected chi connectivity index (χ2v) is 11.2. The predicted octanol–water partition coefficient (Wildman–Crippen LogP) is 2.44. The predicted molar refractivity (Wildman–Crippen MR) is 130 cm³/mol. The summed E-state index contributed by atoms with van der Waals surface area (Å²) in [5.74, 6) is -0.0401. The average molecular weight is 499 g/mol. The van der Waals surface area contributed by atoms with Gasteiger partial charge in [0.25, 0.3) is 0 Å². The molecule has 3 rings (SSSR count). The highest BCUT2D eigenvalue weighted by Crippen LogP contribution is 2.31. The van der Waals surface area contributed by atoms with Crippen LogP contribution in [0.1, 0.15) is 20.8 Å². The monoisotopic (exact) mass is 498 g/mol. The van der Waals surface area contributed by atoms with Gasteiger partial charge in [-0.2, -0.15) is 4.31 Å². The normalized spacial score (nSPS) is 15.3. The number of hydrogen-bond acceptors (Lipinski definition) is 9. The van der Waals surface area contributed by atoms with E-state index in [9.17, 15) is 13.2 Å². The van der Waals surface area contributed by atoms with Crippen molar-refractivity contribution in [3.63, 3.8) is 0 Å². The third-order valence-electron chi connectivity index (χ3n) is 5.41. The maximum Gasteiger partial charge on any atom is 0.243 e. The molecule has 0 bridgehead atoms. The van der Waals surface area contributed by atoms with Gasteiger partial charge in [-0.1, -0.05) is 43.9 Å². The summed E-state index contributed by atoms with van der Waals surface area (Å²) in [4.78, 5) is 17.4. The highest BCUT2D eigenvalue weighted by Gasteiger charge is 2.25. The Labute approximate surface area is 198 Å². The second kappa shape index (κ2) is 11.4. The molecule has 1 aromatic carbocycles. The SMILES string of the molecule is CCN1CCN(c2ccc(S(=O)(=O)N(CC)CC)cc2NC(=O)CSc2nncs2)CC1. The van der Waals surface area contributed by atoms with Crippen molar-refractivity contribution in [1.29, 1.82) is 0 Å². The molecular formula is C20H30N6O3S3. The highest BCUT2D eigenvalue weighted by molar-refractivity contribution is 8.01. The Morgan fingerprint density at radius 3 is 2.50 bits per heavy atom. The van der Waals surface area contributed by atoms with Crippen molar-refractivity contribution in [2.24, 2.45) is 0 Å². The Morgan fingerprint density at radius 1 is 1.19 bits per heavy atom. The van der Waals surface area contributed by atoms with E-state index in [-0.39, 0.29) is 16.6 Å². The number of piperazine rings is 1. The number of anilines is 2. The summed E-state index contributed by atoms with van der Waals surface area (Å²) in [6.07, 6.45) is 0. The molecule has 1 aliphatic rings. The summed E-state index contributed by atoms with van der Waals surface area (Å²) in [5, 5.41) is 10.7. The van der Waals surface area contributed by atoms with Crippen LogP contribution < -0.4 is 10.2 Å². The molecule has 2 heterocycles. The molecule has 9 nitrogen and oxygen atoms in total. The van der Waals surface area contributed by atoms with Crippen LogP contribution in [0.2, 0.25) is 0 Å². The number of carbonyl (C=O) groups is 1. The molecule has 1 saturated heterocycles. The molecule has 0 radical (unpaired) electrons. The van der Waals surface area contributed by atoms with Crippen LogP contribution in [0.5, 0.6) is 0 Å². The van der Waals surface area contributed by atoms with Crippen LogP contribution >= 0.6 is 23.1 Å². The quantitative estimate of drug-likeness (QED) is 0.499. The summed E-state index contributed by atoms with van der Waals surface area (Å²) in [5.41, 5.74) is 2.98. The fourth-order valence-corrected chi connectivity index (χ4v) is 6.38. The number of likely N-dealkylation sites (N-methyl/N-ethyl adjacent to an activating group) is 1. The van der Waals surface area contributed by atoms with Crippen molar-refractivity contribution in [3.05, 3.63) is 23.7 Å². The molecule has 1 N–H and O–H groups in total. The maximum absolute atomic E-state index is 13.1. The molecule has 1 amide bonds. The van der Waals surface area contributed by atoms with E-state index < -0.39 is 10.0 Å². The minimum Gasteiger partial charge on any atom is -0.367 e. The molecule has 0 saturated carbocycles. The number of amides is 1. The van der Waals surface area contributed by atoms with Crippen LogP contribution in [0.25, 0.3) is 0 Å². The first kappa shape index (κ1) is 24.9. The number of nitrogens with zero attached hydrogens (tertiary/aromatic N) is 5. The topological polar surface area (TPSA) is 98.7 Å². The van der Waals surface area contributed by atoms with Crippen LogP contribution in [0.4, 0.5) is 11.4 Å². The first-order valence-corrected chi connectivity index (χ1v) is 14.0. The van der Waals surface area contributed by atoms with Crippen molar-refractivity contribution in [1.82, 2.24) is 19.4 Å². The van der Waals surface area contributed by atoms with Crippen molar-refractivity contribution >= 4 is 50.4 Å². The van der Waals surface area contributed by atoms with Gasteiger partial charge >= 0.3 is 0 Å². The fourth-order valence-electron chi connectivity index (χ4n) is 3.61. The minimum absolute atomic E-state index is 0.172. The number of hydrogen-bond donors (Lipinski definition) is 1. The van der Waals surface area contributed by atoms with E-state index in [1.165, 1.54) is 27.4 Å². The van der Waals surface area contributed by atoms with E-state index in [4.69, 9.17) is 0 Å². The molecule has 1 aromatic heterocycles. The summed E-state index contributed by atoms with van der Waals surface area (Å²) < 4.78 is 28.2. The van der Waals surface area contributed by atoms with Gasteiger partial charge in [0.15, 0.2) is 4.34 Å². The van der Waals surface area contributed by atoms with E-state index in [1.807, 2.05) is 19.9 Å². The fraction of sp³-hybridized carbons (Fsp3) is 0.550. The zero-order chi connectivity index (χ0) is 23.1. The Hall–Kier alpha value is -1.73. The molecule has 2 aromatic rings. The van der Waals surface area contributed by atoms with Gasteiger partial charge in [0.1, 0.15) is 5.51 Å². The summed E-state index contributed by atoms with van der Waals surface area (Å²) in [7, 11) is -3.63. The van der Waals surface area contributed by atoms with Crippen LogP contribution in [-0.4, -0.2) is 85.3 Å². The van der Waals surface area contributed by atoms with Gasteiger partial charge in [0.05, 0.1) is 22.0 Å². The zero-order valence-electron chi connectivity index (χ0n) is 18.7. The number of rotatable bonds is 10. The number of nitrogens with one attached hydrogen (secondary N) is 1. The smallest absolute Gasteiger partial charge is 0.243 e.